The van der Waals surface area contributed by atoms with Crippen molar-refractivity contribution in [1.29, 1.82) is 0 Å². The van der Waals surface area contributed by atoms with Gasteiger partial charge < -0.3 is 5.32 Å². The predicted octanol–water partition coefficient (Wildman–Crippen LogP) is 1.61. The van der Waals surface area contributed by atoms with Crippen molar-refractivity contribution in [3.05, 3.63) is 47.5 Å². The molecule has 5 heteroatoms. The van der Waals surface area contributed by atoms with Crippen LogP contribution >= 0.6 is 0 Å². The Balaban J connectivity index is 2.10. The number of rotatable bonds is 3. The third-order valence-corrected chi connectivity index (χ3v) is 2.79. The molecule has 0 aromatic carbocycles. The minimum Gasteiger partial charge on any atom is -0.344 e. The highest BCUT2D eigenvalue weighted by Gasteiger charge is 2.14. The van der Waals surface area contributed by atoms with E-state index in [-0.39, 0.29) is 11.9 Å². The quantitative estimate of drug-likeness (QED) is 0.892. The van der Waals surface area contributed by atoms with Crippen molar-refractivity contribution in [2.24, 2.45) is 7.05 Å². The van der Waals surface area contributed by atoms with E-state index in [1.54, 1.807) is 30.2 Å². The summed E-state index contributed by atoms with van der Waals surface area (Å²) in [5.41, 5.74) is 2.42. The Labute approximate surface area is 106 Å². The lowest BCUT2D eigenvalue weighted by Crippen LogP contribution is -2.28. The Hall–Kier alpha value is -2.17. The Kier molecular flexibility index (Phi) is 3.41. The minimum absolute atomic E-state index is 0.0595. The molecular formula is C13H16N4O. The van der Waals surface area contributed by atoms with E-state index < -0.39 is 0 Å². The van der Waals surface area contributed by atoms with Crippen molar-refractivity contribution in [3.8, 4) is 0 Å². The Morgan fingerprint density at radius 1 is 1.39 bits per heavy atom. The molecule has 2 aromatic rings. The fourth-order valence-corrected chi connectivity index (χ4v) is 1.83. The van der Waals surface area contributed by atoms with Crippen molar-refractivity contribution >= 4 is 5.91 Å². The van der Waals surface area contributed by atoms with Crippen molar-refractivity contribution < 1.29 is 4.79 Å². The van der Waals surface area contributed by atoms with Crippen LogP contribution < -0.4 is 5.32 Å². The standard InChI is InChI=1S/C13H16N4O/c1-9-8-12(17(3)16-9)13(18)15-10(2)11-4-6-14-7-5-11/h4-8,10H,1-3H3,(H,15,18). The number of nitrogens with one attached hydrogen (secondary N) is 1. The van der Waals surface area contributed by atoms with Crippen LogP contribution in [0.5, 0.6) is 0 Å². The average Bonchev–Trinajstić information content (AvgIpc) is 2.69. The summed E-state index contributed by atoms with van der Waals surface area (Å²) in [7, 11) is 1.76. The molecule has 0 radical (unpaired) electrons. The van der Waals surface area contributed by atoms with E-state index >= 15 is 0 Å². The SMILES string of the molecule is Cc1cc(C(=O)NC(C)c2ccncc2)n(C)n1. The van der Waals surface area contributed by atoms with Gasteiger partial charge in [-0.3, -0.25) is 14.5 Å². The van der Waals surface area contributed by atoms with Gasteiger partial charge in [0.1, 0.15) is 5.69 Å². The van der Waals surface area contributed by atoms with Crippen LogP contribution in [-0.4, -0.2) is 20.7 Å². The van der Waals surface area contributed by atoms with Gasteiger partial charge in [-0.05, 0) is 37.6 Å². The smallest absolute Gasteiger partial charge is 0.270 e. The Morgan fingerprint density at radius 3 is 2.61 bits per heavy atom. The number of nitrogens with zero attached hydrogens (tertiary/aromatic N) is 3. The van der Waals surface area contributed by atoms with Gasteiger partial charge >= 0.3 is 0 Å². The fraction of sp³-hybridized carbons (Fsp3) is 0.308. The highest BCUT2D eigenvalue weighted by molar-refractivity contribution is 5.92. The highest BCUT2D eigenvalue weighted by Crippen LogP contribution is 2.11. The van der Waals surface area contributed by atoms with Crippen molar-refractivity contribution in [3.63, 3.8) is 0 Å². The maximum Gasteiger partial charge on any atom is 0.270 e. The fourth-order valence-electron chi connectivity index (χ4n) is 1.83. The van der Waals surface area contributed by atoms with Gasteiger partial charge in [-0.25, -0.2) is 0 Å². The van der Waals surface area contributed by atoms with Gasteiger partial charge in [-0.1, -0.05) is 0 Å². The third-order valence-electron chi connectivity index (χ3n) is 2.79. The normalized spacial score (nSPS) is 12.2. The number of carbonyl (C=O) groups is 1. The zero-order chi connectivity index (χ0) is 13.1. The molecule has 94 valence electrons. The van der Waals surface area contributed by atoms with Crippen molar-refractivity contribution in [2.75, 3.05) is 0 Å². The van der Waals surface area contributed by atoms with Crippen molar-refractivity contribution in [2.45, 2.75) is 19.9 Å². The third kappa shape index (κ3) is 2.56. The number of amides is 1. The summed E-state index contributed by atoms with van der Waals surface area (Å²) in [6.45, 7) is 3.81. The zero-order valence-electron chi connectivity index (χ0n) is 10.7. The molecule has 0 bridgehead atoms. The van der Waals surface area contributed by atoms with Crippen LogP contribution in [-0.2, 0) is 7.05 Å². The monoisotopic (exact) mass is 244 g/mol. The molecule has 18 heavy (non-hydrogen) atoms. The van der Waals surface area contributed by atoms with Gasteiger partial charge in [0.05, 0.1) is 11.7 Å². The van der Waals surface area contributed by atoms with Crippen LogP contribution in [0.2, 0.25) is 0 Å². The molecule has 0 aliphatic heterocycles. The van der Waals surface area contributed by atoms with Crippen LogP contribution in [0.1, 0.15) is 34.7 Å². The molecule has 0 aliphatic rings. The first-order valence-electron chi connectivity index (χ1n) is 5.79. The molecule has 2 aromatic heterocycles. The molecule has 1 atom stereocenters. The second-order valence-electron chi connectivity index (χ2n) is 4.27. The van der Waals surface area contributed by atoms with Gasteiger partial charge in [0.2, 0.25) is 0 Å². The van der Waals surface area contributed by atoms with E-state index in [9.17, 15) is 4.79 Å². The maximum atomic E-state index is 12.1. The number of aryl methyl sites for hydroxylation is 2. The first kappa shape index (κ1) is 12.3. The van der Waals surface area contributed by atoms with E-state index in [2.05, 4.69) is 15.4 Å². The lowest BCUT2D eigenvalue weighted by atomic mass is 10.1. The van der Waals surface area contributed by atoms with Crippen LogP contribution in [0.25, 0.3) is 0 Å². The number of pyridine rings is 1. The molecule has 0 fully saturated rings. The van der Waals surface area contributed by atoms with E-state index in [0.29, 0.717) is 5.69 Å². The molecule has 0 spiro atoms. The van der Waals surface area contributed by atoms with Crippen LogP contribution in [0.15, 0.2) is 30.6 Å². The second-order valence-corrected chi connectivity index (χ2v) is 4.27. The molecule has 5 nitrogen and oxygen atoms in total. The maximum absolute atomic E-state index is 12.1. The summed E-state index contributed by atoms with van der Waals surface area (Å²) in [4.78, 5) is 16.0. The predicted molar refractivity (Wildman–Crippen MR) is 68.1 cm³/mol. The van der Waals surface area contributed by atoms with Gasteiger partial charge in [-0.2, -0.15) is 5.10 Å². The highest BCUT2D eigenvalue weighted by atomic mass is 16.2. The Morgan fingerprint density at radius 2 is 2.06 bits per heavy atom. The van der Waals surface area contributed by atoms with E-state index in [1.165, 1.54) is 0 Å². The molecule has 1 N–H and O–H groups in total. The number of aromatic nitrogens is 3. The van der Waals surface area contributed by atoms with Crippen LogP contribution in [0.4, 0.5) is 0 Å². The van der Waals surface area contributed by atoms with E-state index in [4.69, 9.17) is 0 Å². The van der Waals surface area contributed by atoms with E-state index in [0.717, 1.165) is 11.3 Å². The van der Waals surface area contributed by atoms with Crippen molar-refractivity contribution in [1.82, 2.24) is 20.1 Å². The molecule has 1 amide bonds. The average molecular weight is 244 g/mol. The first-order valence-corrected chi connectivity index (χ1v) is 5.79. The topological polar surface area (TPSA) is 59.8 Å². The van der Waals surface area contributed by atoms with Gasteiger partial charge in [0, 0.05) is 19.4 Å². The molecule has 0 saturated heterocycles. The first-order chi connectivity index (χ1) is 8.58. The minimum atomic E-state index is -0.123. The summed E-state index contributed by atoms with van der Waals surface area (Å²) < 4.78 is 1.59. The van der Waals surface area contributed by atoms with Gasteiger partial charge in [-0.15, -0.1) is 0 Å². The molecule has 0 saturated carbocycles. The summed E-state index contributed by atoms with van der Waals surface area (Å²) in [5.74, 6) is -0.123. The summed E-state index contributed by atoms with van der Waals surface area (Å²) in [6, 6.07) is 5.49. The lowest BCUT2D eigenvalue weighted by molar-refractivity contribution is 0.0930. The molecule has 2 rings (SSSR count). The molecule has 0 aliphatic carbocycles. The van der Waals surface area contributed by atoms with Crippen LogP contribution in [0, 0.1) is 6.92 Å². The summed E-state index contributed by atoms with van der Waals surface area (Å²) in [6.07, 6.45) is 3.43. The zero-order valence-corrected chi connectivity index (χ0v) is 10.7. The molecule has 1 unspecified atom stereocenters. The molecule has 2 heterocycles. The molecular weight excluding hydrogens is 228 g/mol. The largest absolute Gasteiger partial charge is 0.344 e. The number of hydrogen-bond acceptors (Lipinski definition) is 3. The van der Waals surface area contributed by atoms with Crippen LogP contribution in [0.3, 0.4) is 0 Å². The van der Waals surface area contributed by atoms with Gasteiger partial charge in [0.25, 0.3) is 5.91 Å². The summed E-state index contributed by atoms with van der Waals surface area (Å²) in [5, 5.41) is 7.10. The Bertz CT molecular complexity index is 547. The van der Waals surface area contributed by atoms with E-state index in [1.807, 2.05) is 26.0 Å². The number of hydrogen-bond donors (Lipinski definition) is 1. The summed E-state index contributed by atoms with van der Waals surface area (Å²) >= 11 is 0. The number of carbonyl (C=O) groups excluding carboxylic acids is 1. The second kappa shape index (κ2) is 5.00. The lowest BCUT2D eigenvalue weighted by Gasteiger charge is -2.13. The van der Waals surface area contributed by atoms with Gasteiger partial charge in [0.15, 0.2) is 0 Å².